The third-order valence-electron chi connectivity index (χ3n) is 1.56. The summed E-state index contributed by atoms with van der Waals surface area (Å²) in [6, 6.07) is 8.92. The Morgan fingerprint density at radius 1 is 1.21 bits per heavy atom. The molecule has 0 unspecified atom stereocenters. The van der Waals surface area contributed by atoms with E-state index in [1.165, 1.54) is 0 Å². The maximum absolute atomic E-state index is 11.4. The van der Waals surface area contributed by atoms with Crippen LogP contribution >= 0.6 is 0 Å². The molecule has 0 aromatic heterocycles. The first-order valence-electron chi connectivity index (χ1n) is 4.60. The zero-order valence-electron chi connectivity index (χ0n) is 8.82. The third kappa shape index (κ3) is 3.39. The molecule has 0 bridgehead atoms. The van der Waals surface area contributed by atoms with Gasteiger partial charge in [0.15, 0.2) is 0 Å². The SMILES string of the molecule is C/C(=N\N)C(=O)c1ccccc1.CC. The monoisotopic (exact) mass is 192 g/mol. The predicted octanol–water partition coefficient (Wildman–Crippen LogP) is 2.23. The molecule has 3 heteroatoms. The van der Waals surface area contributed by atoms with E-state index in [1.54, 1.807) is 31.2 Å². The minimum absolute atomic E-state index is 0.127. The van der Waals surface area contributed by atoms with Gasteiger partial charge in [-0.3, -0.25) is 4.79 Å². The van der Waals surface area contributed by atoms with Gasteiger partial charge in [0.1, 0.15) is 5.71 Å². The number of benzene rings is 1. The number of hydrazone groups is 1. The molecule has 0 aliphatic carbocycles. The van der Waals surface area contributed by atoms with Crippen LogP contribution in [-0.2, 0) is 0 Å². The molecule has 0 radical (unpaired) electrons. The number of Topliss-reactive ketones (excluding diaryl/α,β-unsaturated/α-hetero) is 1. The average molecular weight is 192 g/mol. The molecule has 1 aromatic carbocycles. The van der Waals surface area contributed by atoms with E-state index < -0.39 is 0 Å². The Kier molecular flexibility index (Phi) is 6.03. The quantitative estimate of drug-likeness (QED) is 0.338. The minimum Gasteiger partial charge on any atom is -0.323 e. The fraction of sp³-hybridized carbons (Fsp3) is 0.273. The van der Waals surface area contributed by atoms with Gasteiger partial charge < -0.3 is 5.84 Å². The molecule has 0 fully saturated rings. The number of ketones is 1. The van der Waals surface area contributed by atoms with Gasteiger partial charge in [0.2, 0.25) is 5.78 Å². The van der Waals surface area contributed by atoms with E-state index >= 15 is 0 Å². The number of nitrogens with two attached hydrogens (primary N) is 1. The van der Waals surface area contributed by atoms with E-state index in [0.29, 0.717) is 11.3 Å². The van der Waals surface area contributed by atoms with Crippen molar-refractivity contribution in [3.05, 3.63) is 35.9 Å². The van der Waals surface area contributed by atoms with Crippen LogP contribution in [0.15, 0.2) is 35.4 Å². The smallest absolute Gasteiger partial charge is 0.208 e. The molecule has 3 nitrogen and oxygen atoms in total. The molecule has 0 heterocycles. The molecule has 0 atom stereocenters. The van der Waals surface area contributed by atoms with Gasteiger partial charge in [0.25, 0.3) is 0 Å². The fourth-order valence-electron chi connectivity index (χ4n) is 0.857. The van der Waals surface area contributed by atoms with Gasteiger partial charge in [-0.2, -0.15) is 5.10 Å². The number of carbonyl (C=O) groups excluding carboxylic acids is 1. The summed E-state index contributed by atoms with van der Waals surface area (Å²) >= 11 is 0. The lowest BCUT2D eigenvalue weighted by Crippen LogP contribution is -2.12. The van der Waals surface area contributed by atoms with Crippen LogP contribution in [0.2, 0.25) is 0 Å². The zero-order valence-corrected chi connectivity index (χ0v) is 8.82. The Hall–Kier alpha value is -1.64. The molecular weight excluding hydrogens is 176 g/mol. The van der Waals surface area contributed by atoms with Gasteiger partial charge in [-0.1, -0.05) is 44.2 Å². The zero-order chi connectivity index (χ0) is 11.0. The van der Waals surface area contributed by atoms with Crippen LogP contribution in [-0.4, -0.2) is 11.5 Å². The summed E-state index contributed by atoms with van der Waals surface area (Å²) in [4.78, 5) is 11.4. The van der Waals surface area contributed by atoms with Crippen molar-refractivity contribution in [2.75, 3.05) is 0 Å². The normalized spacial score (nSPS) is 10.1. The number of hydrogen-bond donors (Lipinski definition) is 1. The van der Waals surface area contributed by atoms with Crippen LogP contribution in [0.5, 0.6) is 0 Å². The highest BCUT2D eigenvalue weighted by Gasteiger charge is 2.07. The molecule has 0 aliphatic rings. The molecular formula is C11H16N2O. The van der Waals surface area contributed by atoms with Crippen molar-refractivity contribution in [3.8, 4) is 0 Å². The number of carbonyl (C=O) groups is 1. The Balaban J connectivity index is 0.000000791. The first-order chi connectivity index (χ1) is 6.75. The maximum atomic E-state index is 11.4. The summed E-state index contributed by atoms with van der Waals surface area (Å²) in [6.45, 7) is 5.59. The summed E-state index contributed by atoms with van der Waals surface area (Å²) in [5.74, 6) is 4.85. The van der Waals surface area contributed by atoms with E-state index in [1.807, 2.05) is 19.9 Å². The van der Waals surface area contributed by atoms with Gasteiger partial charge in [-0.25, -0.2) is 0 Å². The van der Waals surface area contributed by atoms with E-state index in [9.17, 15) is 4.79 Å². The molecule has 76 valence electrons. The first-order valence-corrected chi connectivity index (χ1v) is 4.60. The van der Waals surface area contributed by atoms with E-state index in [4.69, 9.17) is 5.84 Å². The molecule has 0 saturated heterocycles. The van der Waals surface area contributed by atoms with Crippen LogP contribution in [0, 0.1) is 0 Å². The van der Waals surface area contributed by atoms with Crippen molar-refractivity contribution in [2.45, 2.75) is 20.8 Å². The molecule has 0 amide bonds. The van der Waals surface area contributed by atoms with Crippen LogP contribution in [0.3, 0.4) is 0 Å². The summed E-state index contributed by atoms with van der Waals surface area (Å²) in [7, 11) is 0. The van der Waals surface area contributed by atoms with E-state index in [-0.39, 0.29) is 5.78 Å². The standard InChI is InChI=1S/C9H10N2O.C2H6/c1-7(11-10)9(12)8-5-3-2-4-6-8;1-2/h2-6H,10H2,1H3;1-2H3/b11-7+;. The Morgan fingerprint density at radius 2 is 1.71 bits per heavy atom. The highest BCUT2D eigenvalue weighted by molar-refractivity contribution is 6.45. The third-order valence-corrected chi connectivity index (χ3v) is 1.56. The van der Waals surface area contributed by atoms with Crippen molar-refractivity contribution < 1.29 is 4.79 Å². The maximum Gasteiger partial charge on any atom is 0.208 e. The molecule has 14 heavy (non-hydrogen) atoms. The molecule has 0 saturated carbocycles. The number of rotatable bonds is 2. The molecule has 1 aromatic rings. The minimum atomic E-state index is -0.127. The van der Waals surface area contributed by atoms with Crippen molar-refractivity contribution in [1.29, 1.82) is 0 Å². The van der Waals surface area contributed by atoms with Gasteiger partial charge in [0.05, 0.1) is 0 Å². The van der Waals surface area contributed by atoms with Crippen molar-refractivity contribution in [2.24, 2.45) is 10.9 Å². The van der Waals surface area contributed by atoms with E-state index in [2.05, 4.69) is 5.10 Å². The lowest BCUT2D eigenvalue weighted by molar-refractivity contribution is 0.106. The molecule has 2 N–H and O–H groups in total. The number of hydrogen-bond acceptors (Lipinski definition) is 3. The highest BCUT2D eigenvalue weighted by Crippen LogP contribution is 2.00. The second-order valence-electron chi connectivity index (χ2n) is 2.41. The summed E-state index contributed by atoms with van der Waals surface area (Å²) < 4.78 is 0. The fourth-order valence-corrected chi connectivity index (χ4v) is 0.857. The molecule has 0 aliphatic heterocycles. The van der Waals surface area contributed by atoms with Gasteiger partial charge >= 0.3 is 0 Å². The largest absolute Gasteiger partial charge is 0.323 e. The number of nitrogens with zero attached hydrogens (tertiary/aromatic N) is 1. The summed E-state index contributed by atoms with van der Waals surface area (Å²) in [5, 5.41) is 3.33. The Morgan fingerprint density at radius 3 is 2.14 bits per heavy atom. The average Bonchev–Trinajstić information content (AvgIpc) is 2.31. The summed E-state index contributed by atoms with van der Waals surface area (Å²) in [5.41, 5.74) is 0.936. The topological polar surface area (TPSA) is 55.4 Å². The predicted molar refractivity (Wildman–Crippen MR) is 59.4 cm³/mol. The van der Waals surface area contributed by atoms with Crippen molar-refractivity contribution >= 4 is 11.5 Å². The van der Waals surface area contributed by atoms with E-state index in [0.717, 1.165) is 0 Å². The van der Waals surface area contributed by atoms with Gasteiger partial charge in [-0.15, -0.1) is 0 Å². The lowest BCUT2D eigenvalue weighted by Gasteiger charge is -1.96. The van der Waals surface area contributed by atoms with Crippen LogP contribution in [0.4, 0.5) is 0 Å². The van der Waals surface area contributed by atoms with Crippen LogP contribution in [0.25, 0.3) is 0 Å². The van der Waals surface area contributed by atoms with Crippen LogP contribution < -0.4 is 5.84 Å². The lowest BCUT2D eigenvalue weighted by atomic mass is 10.1. The van der Waals surface area contributed by atoms with Gasteiger partial charge in [0, 0.05) is 5.56 Å². The highest BCUT2D eigenvalue weighted by atomic mass is 16.1. The van der Waals surface area contributed by atoms with Crippen LogP contribution in [0.1, 0.15) is 31.1 Å². The Labute approximate surface area is 84.6 Å². The second-order valence-corrected chi connectivity index (χ2v) is 2.41. The second kappa shape index (κ2) is 6.83. The first kappa shape index (κ1) is 12.4. The summed E-state index contributed by atoms with van der Waals surface area (Å²) in [6.07, 6.45) is 0. The molecule has 0 spiro atoms. The van der Waals surface area contributed by atoms with Crippen molar-refractivity contribution in [1.82, 2.24) is 0 Å². The molecule has 1 rings (SSSR count). The Bertz CT molecular complexity index is 304. The van der Waals surface area contributed by atoms with Gasteiger partial charge in [-0.05, 0) is 6.92 Å². The van der Waals surface area contributed by atoms with Crippen molar-refractivity contribution in [3.63, 3.8) is 0 Å².